The van der Waals surface area contributed by atoms with Crippen molar-refractivity contribution < 1.29 is 0 Å². The highest BCUT2D eigenvalue weighted by molar-refractivity contribution is 14.1. The predicted octanol–water partition coefficient (Wildman–Crippen LogP) is 1.74. The van der Waals surface area contributed by atoms with Gasteiger partial charge in [0, 0.05) is 35.6 Å². The second-order valence-electron chi connectivity index (χ2n) is 4.11. The molecule has 2 rings (SSSR count). The smallest absolute Gasteiger partial charge is 0.250 e. The van der Waals surface area contributed by atoms with Crippen LogP contribution in [0.25, 0.3) is 0 Å². The SMILES string of the molecule is Cc1cc(=O)n(CCc2cnn(C)c2)cc1I. The van der Waals surface area contributed by atoms with Gasteiger partial charge in [-0.1, -0.05) is 0 Å². The Morgan fingerprint density at radius 2 is 2.18 bits per heavy atom. The summed E-state index contributed by atoms with van der Waals surface area (Å²) in [5.74, 6) is 0. The molecule has 0 spiro atoms. The fraction of sp³-hybridized carbons (Fsp3) is 0.333. The molecule has 0 atom stereocenters. The van der Waals surface area contributed by atoms with Crippen LogP contribution in [0.2, 0.25) is 0 Å². The molecule has 0 aliphatic carbocycles. The van der Waals surface area contributed by atoms with E-state index >= 15 is 0 Å². The van der Waals surface area contributed by atoms with Crippen molar-refractivity contribution in [3.05, 3.63) is 49.7 Å². The minimum atomic E-state index is 0.0619. The summed E-state index contributed by atoms with van der Waals surface area (Å²) >= 11 is 2.25. The zero-order valence-electron chi connectivity index (χ0n) is 9.85. The molecule has 2 aromatic rings. The van der Waals surface area contributed by atoms with Crippen molar-refractivity contribution in [1.29, 1.82) is 0 Å². The van der Waals surface area contributed by atoms with E-state index in [1.54, 1.807) is 15.3 Å². The number of aromatic nitrogens is 3. The van der Waals surface area contributed by atoms with Crippen LogP contribution in [0.1, 0.15) is 11.1 Å². The zero-order chi connectivity index (χ0) is 12.4. The molecule has 2 heterocycles. The second-order valence-corrected chi connectivity index (χ2v) is 5.27. The maximum Gasteiger partial charge on any atom is 0.250 e. The van der Waals surface area contributed by atoms with Crippen LogP contribution in [-0.2, 0) is 20.0 Å². The van der Waals surface area contributed by atoms with Crippen molar-refractivity contribution in [1.82, 2.24) is 14.3 Å². The first-order chi connectivity index (χ1) is 8.06. The van der Waals surface area contributed by atoms with Gasteiger partial charge in [0.05, 0.1) is 6.20 Å². The molecule has 0 aromatic carbocycles. The Bertz CT molecular complexity index is 586. The zero-order valence-corrected chi connectivity index (χ0v) is 12.0. The highest BCUT2D eigenvalue weighted by Crippen LogP contribution is 2.08. The minimum absolute atomic E-state index is 0.0619. The first-order valence-corrected chi connectivity index (χ1v) is 6.48. The van der Waals surface area contributed by atoms with Gasteiger partial charge < -0.3 is 4.57 Å². The van der Waals surface area contributed by atoms with Crippen LogP contribution < -0.4 is 5.56 Å². The number of halogens is 1. The number of pyridine rings is 1. The Labute approximate surface area is 113 Å². The molecule has 0 aliphatic rings. The van der Waals surface area contributed by atoms with E-state index < -0.39 is 0 Å². The molecule has 0 unspecified atom stereocenters. The number of aryl methyl sites for hydroxylation is 4. The standard InChI is InChI=1S/C12H14IN3O/c1-9-5-12(17)16(8-11(9)13)4-3-10-6-14-15(2)7-10/h5-8H,3-4H2,1-2H3. The monoisotopic (exact) mass is 343 g/mol. The maximum atomic E-state index is 11.8. The molecule has 0 radical (unpaired) electrons. The fourth-order valence-corrected chi connectivity index (χ4v) is 2.16. The van der Waals surface area contributed by atoms with Gasteiger partial charge in [0.1, 0.15) is 0 Å². The highest BCUT2D eigenvalue weighted by atomic mass is 127. The molecule has 4 nitrogen and oxygen atoms in total. The summed E-state index contributed by atoms with van der Waals surface area (Å²) < 4.78 is 4.65. The van der Waals surface area contributed by atoms with Crippen LogP contribution >= 0.6 is 22.6 Å². The van der Waals surface area contributed by atoms with Gasteiger partial charge in [-0.05, 0) is 47.1 Å². The van der Waals surface area contributed by atoms with E-state index in [9.17, 15) is 4.79 Å². The summed E-state index contributed by atoms with van der Waals surface area (Å²) in [5.41, 5.74) is 2.25. The third-order valence-corrected chi connectivity index (χ3v) is 3.80. The number of rotatable bonds is 3. The molecule has 0 fully saturated rings. The Morgan fingerprint density at radius 1 is 1.41 bits per heavy atom. The lowest BCUT2D eigenvalue weighted by atomic mass is 10.2. The van der Waals surface area contributed by atoms with Gasteiger partial charge in [-0.2, -0.15) is 5.10 Å². The van der Waals surface area contributed by atoms with Crippen molar-refractivity contribution in [3.8, 4) is 0 Å². The molecule has 2 aromatic heterocycles. The topological polar surface area (TPSA) is 39.8 Å². The average Bonchev–Trinajstić information content (AvgIpc) is 2.68. The number of nitrogens with zero attached hydrogens (tertiary/aromatic N) is 3. The average molecular weight is 343 g/mol. The van der Waals surface area contributed by atoms with E-state index in [1.807, 2.05) is 32.6 Å². The molecule has 0 amide bonds. The van der Waals surface area contributed by atoms with Gasteiger partial charge in [-0.25, -0.2) is 0 Å². The molecule has 90 valence electrons. The molecule has 0 bridgehead atoms. The lowest BCUT2D eigenvalue weighted by Crippen LogP contribution is -2.20. The van der Waals surface area contributed by atoms with Crippen molar-refractivity contribution >= 4 is 22.6 Å². The molecule has 0 saturated carbocycles. The molecular formula is C12H14IN3O. The van der Waals surface area contributed by atoms with E-state index in [2.05, 4.69) is 27.7 Å². The quantitative estimate of drug-likeness (QED) is 0.797. The summed E-state index contributed by atoms with van der Waals surface area (Å²) in [6, 6.07) is 1.69. The van der Waals surface area contributed by atoms with Crippen LogP contribution in [0, 0.1) is 10.5 Å². The van der Waals surface area contributed by atoms with Crippen molar-refractivity contribution in [2.75, 3.05) is 0 Å². The maximum absolute atomic E-state index is 11.8. The minimum Gasteiger partial charge on any atom is -0.314 e. The Hall–Kier alpha value is -1.11. The van der Waals surface area contributed by atoms with Crippen molar-refractivity contribution in [2.24, 2.45) is 7.05 Å². The van der Waals surface area contributed by atoms with E-state index in [1.165, 1.54) is 0 Å². The van der Waals surface area contributed by atoms with Gasteiger partial charge in [0.25, 0.3) is 5.56 Å². The summed E-state index contributed by atoms with van der Waals surface area (Å²) in [4.78, 5) is 11.8. The first-order valence-electron chi connectivity index (χ1n) is 5.40. The number of hydrogen-bond donors (Lipinski definition) is 0. The Kier molecular flexibility index (Phi) is 3.66. The number of hydrogen-bond acceptors (Lipinski definition) is 2. The third-order valence-electron chi connectivity index (χ3n) is 2.67. The lowest BCUT2D eigenvalue weighted by Gasteiger charge is -2.06. The van der Waals surface area contributed by atoms with Crippen LogP contribution in [-0.4, -0.2) is 14.3 Å². The van der Waals surface area contributed by atoms with E-state index in [4.69, 9.17) is 0 Å². The van der Waals surface area contributed by atoms with E-state index in [0.29, 0.717) is 6.54 Å². The molecule has 0 aliphatic heterocycles. The summed E-state index contributed by atoms with van der Waals surface area (Å²) in [6.07, 6.45) is 6.55. The highest BCUT2D eigenvalue weighted by Gasteiger charge is 2.02. The van der Waals surface area contributed by atoms with Gasteiger partial charge in [0.15, 0.2) is 0 Å². The van der Waals surface area contributed by atoms with Gasteiger partial charge >= 0.3 is 0 Å². The lowest BCUT2D eigenvalue weighted by molar-refractivity contribution is 0.665. The van der Waals surface area contributed by atoms with Crippen LogP contribution in [0.3, 0.4) is 0 Å². The van der Waals surface area contributed by atoms with Crippen molar-refractivity contribution in [2.45, 2.75) is 19.9 Å². The molecular weight excluding hydrogens is 329 g/mol. The van der Waals surface area contributed by atoms with Crippen LogP contribution in [0.15, 0.2) is 29.5 Å². The molecule has 0 saturated heterocycles. The Morgan fingerprint density at radius 3 is 2.82 bits per heavy atom. The van der Waals surface area contributed by atoms with Crippen LogP contribution in [0.5, 0.6) is 0 Å². The van der Waals surface area contributed by atoms with Gasteiger partial charge in [0.2, 0.25) is 0 Å². The fourth-order valence-electron chi connectivity index (χ4n) is 1.66. The first kappa shape index (κ1) is 12.3. The normalized spacial score (nSPS) is 10.8. The van der Waals surface area contributed by atoms with E-state index in [-0.39, 0.29) is 5.56 Å². The molecule has 17 heavy (non-hydrogen) atoms. The van der Waals surface area contributed by atoms with Gasteiger partial charge in [-0.3, -0.25) is 9.48 Å². The molecule has 5 heteroatoms. The summed E-state index contributed by atoms with van der Waals surface area (Å²) in [6.45, 7) is 2.65. The van der Waals surface area contributed by atoms with Crippen LogP contribution in [0.4, 0.5) is 0 Å². The summed E-state index contributed by atoms with van der Waals surface area (Å²) in [7, 11) is 1.89. The molecule has 0 N–H and O–H groups in total. The summed E-state index contributed by atoms with van der Waals surface area (Å²) in [5, 5.41) is 4.11. The Balaban J connectivity index is 2.14. The third kappa shape index (κ3) is 2.96. The van der Waals surface area contributed by atoms with Crippen molar-refractivity contribution in [3.63, 3.8) is 0 Å². The van der Waals surface area contributed by atoms with Gasteiger partial charge in [-0.15, -0.1) is 0 Å². The largest absolute Gasteiger partial charge is 0.314 e. The van der Waals surface area contributed by atoms with E-state index in [0.717, 1.165) is 21.1 Å². The second kappa shape index (κ2) is 5.03. The predicted molar refractivity (Wildman–Crippen MR) is 75.1 cm³/mol.